The number of rotatable bonds is 7. The van der Waals surface area contributed by atoms with E-state index in [1.807, 2.05) is 30.3 Å². The van der Waals surface area contributed by atoms with Crippen molar-refractivity contribution in [1.29, 1.82) is 0 Å². The van der Waals surface area contributed by atoms with Crippen LogP contribution in [-0.4, -0.2) is 30.6 Å². The summed E-state index contributed by atoms with van der Waals surface area (Å²) in [5.74, 6) is 1.87. The Labute approximate surface area is 164 Å². The summed E-state index contributed by atoms with van der Waals surface area (Å²) < 4.78 is 6.20. The highest BCUT2D eigenvalue weighted by Gasteiger charge is 2.23. The maximum Gasteiger partial charge on any atom is 0.131 e. The molecule has 2 aromatic rings. The van der Waals surface area contributed by atoms with Gasteiger partial charge in [0.05, 0.1) is 0 Å². The van der Waals surface area contributed by atoms with Gasteiger partial charge in [0.1, 0.15) is 11.5 Å². The largest absolute Gasteiger partial charge is 0.457 e. The van der Waals surface area contributed by atoms with Crippen molar-refractivity contribution >= 4 is 0 Å². The lowest BCUT2D eigenvalue weighted by molar-refractivity contribution is 0.134. The number of hydrogen-bond acceptors (Lipinski definition) is 3. The molecule has 1 saturated heterocycles. The fourth-order valence-electron chi connectivity index (χ4n) is 3.61. The van der Waals surface area contributed by atoms with E-state index in [2.05, 4.69) is 55.3 Å². The van der Waals surface area contributed by atoms with Crippen LogP contribution in [0.1, 0.15) is 45.6 Å². The van der Waals surface area contributed by atoms with Gasteiger partial charge in [0.25, 0.3) is 0 Å². The maximum atomic E-state index is 6.20. The van der Waals surface area contributed by atoms with Crippen LogP contribution in [0.4, 0.5) is 0 Å². The summed E-state index contributed by atoms with van der Waals surface area (Å²) >= 11 is 0. The molecule has 146 valence electrons. The molecule has 0 amide bonds. The Bertz CT molecular complexity index is 687. The van der Waals surface area contributed by atoms with Crippen molar-refractivity contribution in [3.05, 3.63) is 60.2 Å². The zero-order valence-electron chi connectivity index (χ0n) is 17.1. The van der Waals surface area contributed by atoms with E-state index in [-0.39, 0.29) is 0 Å². The van der Waals surface area contributed by atoms with E-state index in [9.17, 15) is 0 Å². The minimum absolute atomic E-state index is 0.352. The number of para-hydroxylation sites is 2. The fraction of sp³-hybridized carbons (Fsp3) is 0.500. The highest BCUT2D eigenvalue weighted by molar-refractivity contribution is 5.37. The molecule has 27 heavy (non-hydrogen) atoms. The van der Waals surface area contributed by atoms with Crippen molar-refractivity contribution in [2.24, 2.45) is 5.41 Å². The van der Waals surface area contributed by atoms with E-state index in [0.717, 1.165) is 37.7 Å². The average molecular weight is 367 g/mol. The molecular weight excluding hydrogens is 332 g/mol. The van der Waals surface area contributed by atoms with Crippen molar-refractivity contribution in [3.8, 4) is 11.5 Å². The van der Waals surface area contributed by atoms with E-state index >= 15 is 0 Å². The highest BCUT2D eigenvalue weighted by atomic mass is 16.5. The molecule has 0 aliphatic carbocycles. The Hall–Kier alpha value is -1.84. The van der Waals surface area contributed by atoms with Gasteiger partial charge < -0.3 is 10.1 Å². The molecule has 1 aliphatic heterocycles. The van der Waals surface area contributed by atoms with Crippen molar-refractivity contribution in [1.82, 2.24) is 10.2 Å². The number of ether oxygens (including phenoxy) is 1. The van der Waals surface area contributed by atoms with E-state index in [0.29, 0.717) is 11.5 Å². The van der Waals surface area contributed by atoms with Gasteiger partial charge in [0.15, 0.2) is 0 Å². The van der Waals surface area contributed by atoms with E-state index < -0.39 is 0 Å². The molecule has 1 N–H and O–H groups in total. The second kappa shape index (κ2) is 9.38. The first-order valence-electron chi connectivity index (χ1n) is 10.3. The van der Waals surface area contributed by atoms with Gasteiger partial charge in [-0.05, 0) is 62.5 Å². The molecule has 0 radical (unpaired) electrons. The number of benzene rings is 2. The lowest BCUT2D eigenvalue weighted by Crippen LogP contribution is -2.43. The van der Waals surface area contributed by atoms with Gasteiger partial charge in [0.2, 0.25) is 0 Å². The van der Waals surface area contributed by atoms with Crippen molar-refractivity contribution in [3.63, 3.8) is 0 Å². The molecule has 0 spiro atoms. The van der Waals surface area contributed by atoms with Gasteiger partial charge in [-0.2, -0.15) is 0 Å². The van der Waals surface area contributed by atoms with E-state index in [1.54, 1.807) is 0 Å². The Balaban J connectivity index is 1.76. The first-order chi connectivity index (χ1) is 13.0. The summed E-state index contributed by atoms with van der Waals surface area (Å²) in [6.07, 6.45) is 3.66. The van der Waals surface area contributed by atoms with E-state index in [1.165, 1.54) is 24.8 Å². The summed E-state index contributed by atoms with van der Waals surface area (Å²) in [5.41, 5.74) is 1.62. The Morgan fingerprint density at radius 1 is 0.963 bits per heavy atom. The lowest BCUT2D eigenvalue weighted by atomic mass is 9.91. The minimum atomic E-state index is 0.352. The zero-order chi connectivity index (χ0) is 19.1. The summed E-state index contributed by atoms with van der Waals surface area (Å²) in [4.78, 5) is 2.68. The van der Waals surface area contributed by atoms with Crippen LogP contribution in [0, 0.1) is 5.41 Å². The van der Waals surface area contributed by atoms with Crippen molar-refractivity contribution in [2.45, 2.75) is 52.6 Å². The van der Waals surface area contributed by atoms with Gasteiger partial charge in [0, 0.05) is 18.2 Å². The first-order valence-corrected chi connectivity index (χ1v) is 10.3. The molecule has 0 unspecified atom stereocenters. The molecule has 1 fully saturated rings. The van der Waals surface area contributed by atoms with Crippen LogP contribution in [0.2, 0.25) is 0 Å². The number of piperidine rings is 1. The quantitative estimate of drug-likeness (QED) is 0.703. The first kappa shape index (κ1) is 19.9. The molecule has 2 aromatic carbocycles. The van der Waals surface area contributed by atoms with E-state index in [4.69, 9.17) is 4.74 Å². The topological polar surface area (TPSA) is 24.5 Å². The molecule has 3 nitrogen and oxygen atoms in total. The van der Waals surface area contributed by atoms with Crippen molar-refractivity contribution < 1.29 is 4.74 Å². The van der Waals surface area contributed by atoms with Gasteiger partial charge in [-0.3, -0.25) is 4.90 Å². The smallest absolute Gasteiger partial charge is 0.131 e. The van der Waals surface area contributed by atoms with Crippen LogP contribution < -0.4 is 10.1 Å². The van der Waals surface area contributed by atoms with Crippen LogP contribution in [0.25, 0.3) is 0 Å². The molecule has 3 heteroatoms. The standard InChI is InChI=1S/C24H34N2O/c1-24(2,3)15-18-26(21-13-16-25-17-14-21)19-20-9-7-8-12-23(20)27-22-10-5-4-6-11-22/h4-12,21,25H,13-19H2,1-3H3. The molecule has 0 atom stereocenters. The summed E-state index contributed by atoms with van der Waals surface area (Å²) in [5, 5.41) is 3.50. The Morgan fingerprint density at radius 2 is 1.63 bits per heavy atom. The SMILES string of the molecule is CC(C)(C)CCN(Cc1ccccc1Oc1ccccc1)C1CCNCC1. The summed E-state index contributed by atoms with van der Waals surface area (Å²) in [7, 11) is 0. The van der Waals surface area contributed by atoms with Crippen molar-refractivity contribution in [2.75, 3.05) is 19.6 Å². The molecule has 3 rings (SSSR count). The van der Waals surface area contributed by atoms with Crippen LogP contribution in [-0.2, 0) is 6.54 Å². The van der Waals surface area contributed by atoms with Crippen LogP contribution >= 0.6 is 0 Å². The fourth-order valence-corrected chi connectivity index (χ4v) is 3.61. The van der Waals surface area contributed by atoms with Gasteiger partial charge >= 0.3 is 0 Å². The second-order valence-electron chi connectivity index (χ2n) is 8.79. The monoisotopic (exact) mass is 366 g/mol. The van der Waals surface area contributed by atoms with Crippen LogP contribution in [0.5, 0.6) is 11.5 Å². The van der Waals surface area contributed by atoms with Crippen LogP contribution in [0.3, 0.4) is 0 Å². The van der Waals surface area contributed by atoms with Gasteiger partial charge in [-0.25, -0.2) is 0 Å². The predicted molar refractivity (Wildman–Crippen MR) is 113 cm³/mol. The normalized spacial score (nSPS) is 15.9. The minimum Gasteiger partial charge on any atom is -0.457 e. The number of nitrogens with zero attached hydrogens (tertiary/aromatic N) is 1. The molecule has 0 bridgehead atoms. The Morgan fingerprint density at radius 3 is 2.33 bits per heavy atom. The Kier molecular flexibility index (Phi) is 6.92. The summed E-state index contributed by atoms with van der Waals surface area (Å²) in [6.45, 7) is 11.3. The predicted octanol–water partition coefficient (Wildman–Crippen LogP) is 5.47. The maximum absolute atomic E-state index is 6.20. The average Bonchev–Trinajstić information content (AvgIpc) is 2.67. The highest BCUT2D eigenvalue weighted by Crippen LogP contribution is 2.29. The third-order valence-corrected chi connectivity index (χ3v) is 5.29. The number of nitrogens with one attached hydrogen (secondary N) is 1. The third-order valence-electron chi connectivity index (χ3n) is 5.29. The molecule has 0 aromatic heterocycles. The van der Waals surface area contributed by atoms with Crippen LogP contribution in [0.15, 0.2) is 54.6 Å². The molecule has 1 heterocycles. The second-order valence-corrected chi connectivity index (χ2v) is 8.79. The van der Waals surface area contributed by atoms with Gasteiger partial charge in [-0.15, -0.1) is 0 Å². The molecular formula is C24H34N2O. The molecule has 1 aliphatic rings. The lowest BCUT2D eigenvalue weighted by Gasteiger charge is -2.36. The van der Waals surface area contributed by atoms with Gasteiger partial charge in [-0.1, -0.05) is 57.2 Å². The number of hydrogen-bond donors (Lipinski definition) is 1. The summed E-state index contributed by atoms with van der Waals surface area (Å²) in [6, 6.07) is 19.2. The zero-order valence-corrected chi connectivity index (χ0v) is 17.1. The third kappa shape index (κ3) is 6.37. The molecule has 0 saturated carbocycles.